The molecule has 0 spiro atoms. The number of ether oxygens (including phenoxy) is 1. The molecule has 5 rings (SSSR count). The lowest BCUT2D eigenvalue weighted by atomic mass is 10.1. The van der Waals surface area contributed by atoms with Crippen molar-refractivity contribution in [1.29, 1.82) is 0 Å². The molecular formula is C33H37N5O2. The van der Waals surface area contributed by atoms with Crippen LogP contribution in [0.4, 0.5) is 17.1 Å². The van der Waals surface area contributed by atoms with Crippen molar-refractivity contribution >= 4 is 28.8 Å². The summed E-state index contributed by atoms with van der Waals surface area (Å²) in [6.07, 6.45) is 5.46. The zero-order valence-electron chi connectivity index (χ0n) is 23.6. The largest absolute Gasteiger partial charge is 0.454 e. The summed E-state index contributed by atoms with van der Waals surface area (Å²) in [6.45, 7) is 10.1. The second kappa shape index (κ2) is 13.4. The first-order chi connectivity index (χ1) is 19.6. The maximum absolute atomic E-state index is 13.3. The molecule has 7 nitrogen and oxygen atoms in total. The van der Waals surface area contributed by atoms with Gasteiger partial charge >= 0.3 is 0 Å². The van der Waals surface area contributed by atoms with Gasteiger partial charge in [-0.05, 0) is 78.6 Å². The summed E-state index contributed by atoms with van der Waals surface area (Å²) in [5.74, 6) is 1.94. The van der Waals surface area contributed by atoms with Crippen LogP contribution in [0.5, 0.6) is 11.5 Å². The van der Waals surface area contributed by atoms with Gasteiger partial charge in [-0.1, -0.05) is 45.9 Å². The van der Waals surface area contributed by atoms with Gasteiger partial charge in [0.2, 0.25) is 0 Å². The number of fused-ring (bicyclic) bond motifs is 2. The lowest BCUT2D eigenvalue weighted by Gasteiger charge is -2.25. The standard InChI is InChI=1S/C31H31N5O2.C2H6/c1-3-17-36(18-4-2)30-24-7-5-6-8-28(24)38-29-12-10-23(20-27(29)34-30)31(37)35-26-19-22(9-11-25(26)32)21-13-15-33-16-14-21;1-2/h5-16,19-20H,3-4,17-18,32H2,1-2H3,(H,35,37);1-2H3. The number of benzene rings is 3. The molecule has 1 amide bonds. The van der Waals surface area contributed by atoms with Crippen LogP contribution in [-0.2, 0) is 0 Å². The van der Waals surface area contributed by atoms with Crippen molar-refractivity contribution in [1.82, 2.24) is 9.88 Å². The van der Waals surface area contributed by atoms with Gasteiger partial charge in [0.1, 0.15) is 17.3 Å². The van der Waals surface area contributed by atoms with Crippen LogP contribution in [-0.4, -0.2) is 34.7 Å². The van der Waals surface area contributed by atoms with Gasteiger partial charge in [-0.2, -0.15) is 0 Å². The third kappa shape index (κ3) is 6.31. The first kappa shape index (κ1) is 28.4. The van der Waals surface area contributed by atoms with E-state index in [1.54, 1.807) is 36.7 Å². The quantitative estimate of drug-likeness (QED) is 0.235. The minimum absolute atomic E-state index is 0.274. The van der Waals surface area contributed by atoms with Gasteiger partial charge < -0.3 is 20.7 Å². The van der Waals surface area contributed by atoms with Crippen molar-refractivity contribution in [3.8, 4) is 22.6 Å². The van der Waals surface area contributed by atoms with E-state index in [0.29, 0.717) is 28.4 Å². The van der Waals surface area contributed by atoms with Crippen LogP contribution in [0.15, 0.2) is 90.2 Å². The number of hydrogen-bond donors (Lipinski definition) is 2. The van der Waals surface area contributed by atoms with Gasteiger partial charge in [0.25, 0.3) is 5.91 Å². The molecule has 0 saturated heterocycles. The van der Waals surface area contributed by atoms with Gasteiger partial charge in [-0.3, -0.25) is 9.78 Å². The van der Waals surface area contributed by atoms with Crippen LogP contribution >= 0.6 is 0 Å². The highest BCUT2D eigenvalue weighted by molar-refractivity contribution is 6.08. The highest BCUT2D eigenvalue weighted by atomic mass is 16.5. The highest BCUT2D eigenvalue weighted by Gasteiger charge is 2.23. The van der Waals surface area contributed by atoms with Gasteiger partial charge in [0, 0.05) is 31.0 Å². The second-order valence-corrected chi connectivity index (χ2v) is 9.20. The topological polar surface area (TPSA) is 92.8 Å². The van der Waals surface area contributed by atoms with Crippen LogP contribution in [0.3, 0.4) is 0 Å². The molecule has 0 aliphatic carbocycles. The number of carbonyl (C=O) groups excluding carboxylic acids is 1. The van der Waals surface area contributed by atoms with E-state index in [2.05, 4.69) is 29.0 Å². The summed E-state index contributed by atoms with van der Waals surface area (Å²) in [5, 5.41) is 2.97. The summed E-state index contributed by atoms with van der Waals surface area (Å²) in [4.78, 5) is 24.8. The zero-order chi connectivity index (χ0) is 28.5. The number of amidine groups is 1. The van der Waals surface area contributed by atoms with Crippen LogP contribution < -0.4 is 15.8 Å². The lowest BCUT2D eigenvalue weighted by molar-refractivity contribution is 0.102. The molecule has 1 aliphatic rings. The molecule has 0 fully saturated rings. The van der Waals surface area contributed by atoms with Crippen molar-refractivity contribution in [2.45, 2.75) is 40.5 Å². The summed E-state index contributed by atoms with van der Waals surface area (Å²) in [5.41, 5.74) is 11.2. The van der Waals surface area contributed by atoms with E-state index in [9.17, 15) is 4.79 Å². The van der Waals surface area contributed by atoms with Crippen LogP contribution in [0.25, 0.3) is 11.1 Å². The Hall–Kier alpha value is -4.65. The first-order valence-corrected chi connectivity index (χ1v) is 13.9. The number of anilines is 2. The van der Waals surface area contributed by atoms with Gasteiger partial charge in [0.15, 0.2) is 5.75 Å². The third-order valence-electron chi connectivity index (χ3n) is 6.40. The molecule has 3 N–H and O–H groups in total. The SMILES string of the molecule is CC.CCCN(CCC)C1=Nc2cc(C(=O)Nc3cc(-c4ccncc4)ccc3N)ccc2Oc2ccccc21. The average molecular weight is 536 g/mol. The average Bonchev–Trinajstić information content (AvgIpc) is 3.16. The number of pyridine rings is 1. The molecule has 206 valence electrons. The number of nitrogens with zero attached hydrogens (tertiary/aromatic N) is 3. The third-order valence-corrected chi connectivity index (χ3v) is 6.40. The summed E-state index contributed by atoms with van der Waals surface area (Å²) >= 11 is 0. The Labute approximate surface area is 236 Å². The minimum Gasteiger partial charge on any atom is -0.454 e. The summed E-state index contributed by atoms with van der Waals surface area (Å²) < 4.78 is 6.28. The van der Waals surface area contributed by atoms with E-state index < -0.39 is 0 Å². The Morgan fingerprint density at radius 1 is 0.875 bits per heavy atom. The molecule has 0 radical (unpaired) electrons. The van der Waals surface area contributed by atoms with E-state index in [0.717, 1.165) is 54.2 Å². The van der Waals surface area contributed by atoms with Gasteiger partial charge in [-0.15, -0.1) is 0 Å². The number of aliphatic imine (C=N–C) groups is 1. The molecule has 0 unspecified atom stereocenters. The smallest absolute Gasteiger partial charge is 0.255 e. The van der Waals surface area contributed by atoms with E-state index in [4.69, 9.17) is 15.5 Å². The maximum atomic E-state index is 13.3. The molecule has 4 aromatic rings. The Morgan fingerprint density at radius 2 is 1.60 bits per heavy atom. The number of nitrogens with one attached hydrogen (secondary N) is 1. The molecule has 0 bridgehead atoms. The first-order valence-electron chi connectivity index (χ1n) is 13.9. The Balaban J connectivity index is 0.00000181. The van der Waals surface area contributed by atoms with Crippen molar-refractivity contribution in [3.05, 3.63) is 96.3 Å². The van der Waals surface area contributed by atoms with Crippen LogP contribution in [0.1, 0.15) is 56.5 Å². The number of carbonyl (C=O) groups is 1. The predicted molar refractivity (Wildman–Crippen MR) is 165 cm³/mol. The summed E-state index contributed by atoms with van der Waals surface area (Å²) in [6, 6.07) is 22.7. The summed E-state index contributed by atoms with van der Waals surface area (Å²) in [7, 11) is 0. The molecule has 7 heteroatoms. The Kier molecular flexibility index (Phi) is 9.52. The van der Waals surface area contributed by atoms with E-state index in [1.807, 2.05) is 62.4 Å². The molecule has 2 heterocycles. The van der Waals surface area contributed by atoms with Crippen LogP contribution in [0.2, 0.25) is 0 Å². The van der Waals surface area contributed by atoms with Gasteiger partial charge in [0.05, 0.1) is 16.9 Å². The Bertz CT molecular complexity index is 1480. The molecular weight excluding hydrogens is 498 g/mol. The highest BCUT2D eigenvalue weighted by Crippen LogP contribution is 2.39. The molecule has 0 atom stereocenters. The van der Waals surface area contributed by atoms with Crippen molar-refractivity contribution in [2.75, 3.05) is 24.1 Å². The number of rotatable bonds is 7. The fourth-order valence-corrected chi connectivity index (χ4v) is 4.55. The molecule has 1 aliphatic heterocycles. The number of para-hydroxylation sites is 1. The van der Waals surface area contributed by atoms with E-state index in [-0.39, 0.29) is 5.91 Å². The normalized spacial score (nSPS) is 11.4. The zero-order valence-corrected chi connectivity index (χ0v) is 23.6. The number of nitrogens with two attached hydrogens (primary N) is 1. The molecule has 1 aromatic heterocycles. The molecule has 0 saturated carbocycles. The number of amides is 1. The fraction of sp³-hybridized carbons (Fsp3) is 0.242. The van der Waals surface area contributed by atoms with Crippen LogP contribution in [0, 0.1) is 0 Å². The van der Waals surface area contributed by atoms with E-state index in [1.165, 1.54) is 0 Å². The second-order valence-electron chi connectivity index (χ2n) is 9.20. The van der Waals surface area contributed by atoms with E-state index >= 15 is 0 Å². The molecule has 3 aromatic carbocycles. The number of nitrogen functional groups attached to an aromatic ring is 1. The van der Waals surface area contributed by atoms with Crippen molar-refractivity contribution in [2.24, 2.45) is 4.99 Å². The van der Waals surface area contributed by atoms with Gasteiger partial charge in [-0.25, -0.2) is 4.99 Å². The number of aromatic nitrogens is 1. The van der Waals surface area contributed by atoms with Crippen molar-refractivity contribution < 1.29 is 9.53 Å². The minimum atomic E-state index is -0.274. The monoisotopic (exact) mass is 535 g/mol. The number of hydrogen-bond acceptors (Lipinski definition) is 6. The van der Waals surface area contributed by atoms with Crippen molar-refractivity contribution in [3.63, 3.8) is 0 Å². The predicted octanol–water partition coefficient (Wildman–Crippen LogP) is 7.92. The molecule has 40 heavy (non-hydrogen) atoms. The Morgan fingerprint density at radius 3 is 2.33 bits per heavy atom. The lowest BCUT2D eigenvalue weighted by Crippen LogP contribution is -2.33. The fourth-order valence-electron chi connectivity index (χ4n) is 4.55. The maximum Gasteiger partial charge on any atom is 0.255 e.